The third kappa shape index (κ3) is 2.07. The van der Waals surface area contributed by atoms with E-state index in [0.717, 1.165) is 28.6 Å². The van der Waals surface area contributed by atoms with Gasteiger partial charge in [0, 0.05) is 23.9 Å². The van der Waals surface area contributed by atoms with Gasteiger partial charge in [-0.05, 0) is 13.0 Å². The number of nitrogens with one attached hydrogen (secondary N) is 1. The van der Waals surface area contributed by atoms with Gasteiger partial charge in [0.05, 0.1) is 0 Å². The summed E-state index contributed by atoms with van der Waals surface area (Å²) in [6, 6.07) is 7.77. The molecule has 0 atom stereocenters. The Morgan fingerprint density at radius 2 is 2.22 bits per heavy atom. The molecule has 1 N–H and O–H groups in total. The Labute approximate surface area is 105 Å². The molecule has 1 aliphatic rings. The van der Waals surface area contributed by atoms with Crippen LogP contribution in [-0.4, -0.2) is 16.8 Å². The van der Waals surface area contributed by atoms with Crippen molar-refractivity contribution in [2.24, 2.45) is 0 Å². The van der Waals surface area contributed by atoms with Crippen molar-refractivity contribution in [1.82, 2.24) is 9.97 Å². The smallest absolute Gasteiger partial charge is 0.231 e. The normalized spacial score (nSPS) is 12.5. The molecule has 2 aromatic rings. The van der Waals surface area contributed by atoms with E-state index in [1.165, 1.54) is 0 Å². The summed E-state index contributed by atoms with van der Waals surface area (Å²) in [6.45, 7) is 2.87. The van der Waals surface area contributed by atoms with E-state index in [0.29, 0.717) is 13.3 Å². The predicted molar refractivity (Wildman–Crippen MR) is 66.7 cm³/mol. The van der Waals surface area contributed by atoms with Crippen LogP contribution in [0.4, 0.5) is 5.82 Å². The zero-order valence-corrected chi connectivity index (χ0v) is 10.0. The molecule has 0 saturated carbocycles. The zero-order chi connectivity index (χ0) is 12.4. The first-order chi connectivity index (χ1) is 8.83. The van der Waals surface area contributed by atoms with Crippen LogP contribution in [0.25, 0.3) is 0 Å². The van der Waals surface area contributed by atoms with Gasteiger partial charge in [-0.2, -0.15) is 0 Å². The van der Waals surface area contributed by atoms with Crippen molar-refractivity contribution < 1.29 is 9.47 Å². The van der Waals surface area contributed by atoms with Crippen LogP contribution in [0.15, 0.2) is 30.6 Å². The largest absolute Gasteiger partial charge is 0.454 e. The van der Waals surface area contributed by atoms with Gasteiger partial charge in [-0.1, -0.05) is 12.1 Å². The second-order valence-electron chi connectivity index (χ2n) is 4.05. The number of ether oxygens (including phenoxy) is 2. The highest BCUT2D eigenvalue weighted by Gasteiger charge is 2.16. The summed E-state index contributed by atoms with van der Waals surface area (Å²) in [5.41, 5.74) is 1.99. The molecule has 0 spiro atoms. The minimum Gasteiger partial charge on any atom is -0.454 e. The maximum Gasteiger partial charge on any atom is 0.231 e. The van der Waals surface area contributed by atoms with Gasteiger partial charge in [0.1, 0.15) is 12.1 Å². The maximum absolute atomic E-state index is 5.45. The highest BCUT2D eigenvalue weighted by Crippen LogP contribution is 2.35. The summed E-state index contributed by atoms with van der Waals surface area (Å²) >= 11 is 0. The molecule has 1 aliphatic heterocycles. The van der Waals surface area contributed by atoms with Crippen LogP contribution in [0, 0.1) is 6.92 Å². The topological polar surface area (TPSA) is 56.3 Å². The average molecular weight is 243 g/mol. The second kappa shape index (κ2) is 4.52. The summed E-state index contributed by atoms with van der Waals surface area (Å²) in [5, 5.41) is 3.24. The summed E-state index contributed by atoms with van der Waals surface area (Å²) in [6.07, 6.45) is 1.55. The van der Waals surface area contributed by atoms with Crippen molar-refractivity contribution in [3.05, 3.63) is 41.9 Å². The number of nitrogens with zero attached hydrogens (tertiary/aromatic N) is 2. The first-order valence-electron chi connectivity index (χ1n) is 5.73. The summed E-state index contributed by atoms with van der Waals surface area (Å²) in [4.78, 5) is 8.21. The van der Waals surface area contributed by atoms with Gasteiger partial charge in [0.2, 0.25) is 6.79 Å². The quantitative estimate of drug-likeness (QED) is 0.894. The lowest BCUT2D eigenvalue weighted by molar-refractivity contribution is 0.173. The summed E-state index contributed by atoms with van der Waals surface area (Å²) in [5.74, 6) is 2.42. The molecular formula is C13H13N3O2. The fraction of sp³-hybridized carbons (Fsp3) is 0.231. The van der Waals surface area contributed by atoms with Gasteiger partial charge in [-0.25, -0.2) is 9.97 Å². The predicted octanol–water partition coefficient (Wildman–Crippen LogP) is 2.13. The van der Waals surface area contributed by atoms with E-state index in [9.17, 15) is 0 Å². The number of hydrogen-bond acceptors (Lipinski definition) is 5. The van der Waals surface area contributed by atoms with E-state index in [-0.39, 0.29) is 0 Å². The van der Waals surface area contributed by atoms with Crippen LogP contribution in [-0.2, 0) is 6.54 Å². The molecule has 0 saturated heterocycles. The number of rotatable bonds is 3. The van der Waals surface area contributed by atoms with Crippen LogP contribution >= 0.6 is 0 Å². The van der Waals surface area contributed by atoms with E-state index in [1.54, 1.807) is 6.33 Å². The molecular weight excluding hydrogens is 230 g/mol. The summed E-state index contributed by atoms with van der Waals surface area (Å²) in [7, 11) is 0. The number of aromatic nitrogens is 2. The number of aryl methyl sites for hydroxylation is 1. The zero-order valence-electron chi connectivity index (χ0n) is 10.0. The van der Waals surface area contributed by atoms with E-state index >= 15 is 0 Å². The Morgan fingerprint density at radius 1 is 1.28 bits per heavy atom. The van der Waals surface area contributed by atoms with E-state index in [1.807, 2.05) is 31.2 Å². The highest BCUT2D eigenvalue weighted by atomic mass is 16.7. The SMILES string of the molecule is Cc1cc(NCc2cccc3c2OCO3)ncn1. The van der Waals surface area contributed by atoms with Gasteiger partial charge in [-0.15, -0.1) is 0 Å². The minimum absolute atomic E-state index is 0.291. The van der Waals surface area contributed by atoms with Gasteiger partial charge in [0.15, 0.2) is 11.5 Å². The Hall–Kier alpha value is -2.30. The first kappa shape index (κ1) is 10.8. The molecule has 18 heavy (non-hydrogen) atoms. The molecule has 0 amide bonds. The van der Waals surface area contributed by atoms with E-state index in [2.05, 4.69) is 15.3 Å². The summed E-state index contributed by atoms with van der Waals surface area (Å²) < 4.78 is 10.8. The minimum atomic E-state index is 0.291. The van der Waals surface area contributed by atoms with Crippen LogP contribution in [0.2, 0.25) is 0 Å². The molecule has 0 fully saturated rings. The molecule has 5 heteroatoms. The van der Waals surface area contributed by atoms with Crippen molar-refractivity contribution in [3.63, 3.8) is 0 Å². The maximum atomic E-state index is 5.45. The van der Waals surface area contributed by atoms with Crippen molar-refractivity contribution in [2.75, 3.05) is 12.1 Å². The Bertz CT molecular complexity index is 572. The monoisotopic (exact) mass is 243 g/mol. The Balaban J connectivity index is 1.76. The van der Waals surface area contributed by atoms with E-state index in [4.69, 9.17) is 9.47 Å². The third-order valence-electron chi connectivity index (χ3n) is 2.74. The molecule has 0 bridgehead atoms. The van der Waals surface area contributed by atoms with Gasteiger partial charge in [-0.3, -0.25) is 0 Å². The standard InChI is InChI=1S/C13H13N3O2/c1-9-5-12(16-7-15-9)14-6-10-3-2-4-11-13(10)18-8-17-11/h2-5,7H,6,8H2,1H3,(H,14,15,16). The lowest BCUT2D eigenvalue weighted by Gasteiger charge is -2.08. The van der Waals surface area contributed by atoms with Crippen LogP contribution in [0.3, 0.4) is 0 Å². The Morgan fingerprint density at radius 3 is 3.11 bits per heavy atom. The average Bonchev–Trinajstić information content (AvgIpc) is 2.85. The van der Waals surface area contributed by atoms with Gasteiger partial charge >= 0.3 is 0 Å². The molecule has 3 rings (SSSR count). The van der Waals surface area contributed by atoms with Gasteiger partial charge < -0.3 is 14.8 Å². The van der Waals surface area contributed by atoms with Crippen LogP contribution in [0.1, 0.15) is 11.3 Å². The molecule has 0 radical (unpaired) electrons. The number of benzene rings is 1. The highest BCUT2D eigenvalue weighted by molar-refractivity contribution is 5.49. The van der Waals surface area contributed by atoms with Crippen molar-refractivity contribution >= 4 is 5.82 Å². The molecule has 92 valence electrons. The molecule has 1 aromatic heterocycles. The lowest BCUT2D eigenvalue weighted by atomic mass is 10.2. The molecule has 2 heterocycles. The third-order valence-corrected chi connectivity index (χ3v) is 2.74. The van der Waals surface area contributed by atoms with Crippen molar-refractivity contribution in [2.45, 2.75) is 13.5 Å². The molecule has 0 aliphatic carbocycles. The van der Waals surface area contributed by atoms with Crippen molar-refractivity contribution in [3.8, 4) is 11.5 Å². The van der Waals surface area contributed by atoms with Crippen LogP contribution in [0.5, 0.6) is 11.5 Å². The van der Waals surface area contributed by atoms with E-state index < -0.39 is 0 Å². The fourth-order valence-corrected chi connectivity index (χ4v) is 1.87. The number of fused-ring (bicyclic) bond motifs is 1. The first-order valence-corrected chi connectivity index (χ1v) is 5.73. The molecule has 0 unspecified atom stereocenters. The number of hydrogen-bond donors (Lipinski definition) is 1. The fourth-order valence-electron chi connectivity index (χ4n) is 1.87. The number of para-hydroxylation sites is 1. The lowest BCUT2D eigenvalue weighted by Crippen LogP contribution is -2.03. The van der Waals surface area contributed by atoms with Gasteiger partial charge in [0.25, 0.3) is 0 Å². The molecule has 5 nitrogen and oxygen atoms in total. The number of anilines is 1. The van der Waals surface area contributed by atoms with Crippen molar-refractivity contribution in [1.29, 1.82) is 0 Å². The molecule has 1 aromatic carbocycles. The van der Waals surface area contributed by atoms with Crippen LogP contribution < -0.4 is 14.8 Å². The Kier molecular flexibility index (Phi) is 2.72. The second-order valence-corrected chi connectivity index (χ2v) is 4.05.